The number of aliphatic carboxylic acids is 1. The van der Waals surface area contributed by atoms with Crippen molar-refractivity contribution in [3.05, 3.63) is 40.3 Å². The Morgan fingerprint density at radius 1 is 1.11 bits per heavy atom. The highest BCUT2D eigenvalue weighted by atomic mass is 16.6. The molecule has 208 valence electrons. The first-order valence-electron chi connectivity index (χ1n) is 14.5. The number of carbonyl (C=O) groups is 1. The smallest absolute Gasteiger partial charge is 0.360 e. The molecule has 38 heavy (non-hydrogen) atoms. The molecule has 0 spiro atoms. The molecule has 4 rings (SSSR count). The van der Waals surface area contributed by atoms with Gasteiger partial charge in [0.25, 0.3) is 5.56 Å². The van der Waals surface area contributed by atoms with Gasteiger partial charge in [0.1, 0.15) is 6.10 Å². The van der Waals surface area contributed by atoms with Crippen LogP contribution in [0.25, 0.3) is 11.0 Å². The van der Waals surface area contributed by atoms with Crippen LogP contribution in [-0.4, -0.2) is 56.0 Å². The van der Waals surface area contributed by atoms with E-state index >= 15 is 0 Å². The van der Waals surface area contributed by atoms with Gasteiger partial charge < -0.3 is 14.5 Å². The lowest BCUT2D eigenvalue weighted by Crippen LogP contribution is -2.50. The molecule has 2 heterocycles. The topological polar surface area (TPSA) is 97.0 Å². The predicted octanol–water partition coefficient (Wildman–Crippen LogP) is 5.77. The minimum Gasteiger partial charge on any atom is -0.476 e. The van der Waals surface area contributed by atoms with E-state index in [1.165, 1.54) is 44.9 Å². The first kappa shape index (κ1) is 28.3. The number of nitrogens with zero attached hydrogens (tertiary/aromatic N) is 4. The number of piperidine rings is 1. The van der Waals surface area contributed by atoms with Crippen LogP contribution in [0.1, 0.15) is 104 Å². The Labute approximate surface area is 226 Å². The molecule has 1 N–H and O–H groups in total. The highest BCUT2D eigenvalue weighted by Crippen LogP contribution is 2.35. The Hall–Kier alpha value is -2.74. The number of likely N-dealkylation sites (tertiary alicyclic amines) is 1. The third-order valence-electron chi connectivity index (χ3n) is 8.27. The largest absolute Gasteiger partial charge is 0.476 e. The molecule has 1 aromatic heterocycles. The van der Waals surface area contributed by atoms with Gasteiger partial charge in [-0.3, -0.25) is 9.69 Å². The van der Waals surface area contributed by atoms with Crippen LogP contribution in [0, 0.1) is 5.92 Å². The summed E-state index contributed by atoms with van der Waals surface area (Å²) >= 11 is 0. The second kappa shape index (κ2) is 12.9. The van der Waals surface area contributed by atoms with Crippen molar-refractivity contribution in [1.29, 1.82) is 0 Å². The van der Waals surface area contributed by atoms with Crippen molar-refractivity contribution in [2.24, 2.45) is 11.1 Å². The maximum Gasteiger partial charge on any atom is 0.360 e. The van der Waals surface area contributed by atoms with Crippen LogP contribution in [0.4, 0.5) is 0 Å². The molecular formula is C30H44N4O4. The normalized spacial score (nSPS) is 26.1. The van der Waals surface area contributed by atoms with Gasteiger partial charge in [-0.25, -0.2) is 9.78 Å². The molecular weight excluding hydrogens is 480 g/mol. The van der Waals surface area contributed by atoms with Gasteiger partial charge in [0.2, 0.25) is 5.71 Å². The molecule has 1 aliphatic carbocycles. The Morgan fingerprint density at radius 2 is 1.84 bits per heavy atom. The van der Waals surface area contributed by atoms with Crippen LogP contribution in [0.15, 0.2) is 34.2 Å². The van der Waals surface area contributed by atoms with Gasteiger partial charge >= 0.3 is 5.97 Å². The average molecular weight is 525 g/mol. The molecule has 1 saturated carbocycles. The highest BCUT2D eigenvalue weighted by molar-refractivity contribution is 6.41. The lowest BCUT2D eigenvalue weighted by atomic mass is 9.88. The fourth-order valence-electron chi connectivity index (χ4n) is 6.40. The molecule has 8 heteroatoms. The number of para-hydroxylation sites is 2. The molecule has 0 amide bonds. The van der Waals surface area contributed by atoms with Crippen LogP contribution < -0.4 is 5.56 Å². The first-order valence-corrected chi connectivity index (χ1v) is 14.5. The van der Waals surface area contributed by atoms with E-state index in [1.54, 1.807) is 18.4 Å². The summed E-state index contributed by atoms with van der Waals surface area (Å²) in [5, 5.41) is 13.7. The zero-order chi connectivity index (χ0) is 27.2. The quantitative estimate of drug-likeness (QED) is 0.365. The van der Waals surface area contributed by atoms with Crippen molar-refractivity contribution >= 4 is 22.7 Å². The van der Waals surface area contributed by atoms with Crippen LogP contribution in [0.5, 0.6) is 0 Å². The zero-order valence-electron chi connectivity index (χ0n) is 23.4. The van der Waals surface area contributed by atoms with Crippen LogP contribution >= 0.6 is 0 Å². The number of rotatable bonds is 7. The maximum atomic E-state index is 13.9. The van der Waals surface area contributed by atoms with Gasteiger partial charge in [0.05, 0.1) is 11.0 Å². The van der Waals surface area contributed by atoms with E-state index in [1.807, 2.05) is 24.3 Å². The Bertz CT molecular complexity index is 1190. The van der Waals surface area contributed by atoms with Gasteiger partial charge in [-0.2, -0.15) is 0 Å². The van der Waals surface area contributed by atoms with Crippen LogP contribution in [0.3, 0.4) is 0 Å². The molecule has 2 aromatic rings. The van der Waals surface area contributed by atoms with Gasteiger partial charge in [-0.05, 0) is 64.0 Å². The third-order valence-corrected chi connectivity index (χ3v) is 8.27. The summed E-state index contributed by atoms with van der Waals surface area (Å²) in [6.45, 7) is 9.10. The Morgan fingerprint density at radius 3 is 2.55 bits per heavy atom. The van der Waals surface area contributed by atoms with Crippen molar-refractivity contribution in [2.45, 2.75) is 116 Å². The minimum atomic E-state index is -1.33. The number of carboxylic acid groups (broad SMARTS) is 1. The number of aromatic nitrogens is 2. The maximum absolute atomic E-state index is 13.9. The minimum absolute atomic E-state index is 0.0369. The monoisotopic (exact) mass is 524 g/mol. The van der Waals surface area contributed by atoms with Crippen LogP contribution in [0.2, 0.25) is 0 Å². The molecule has 4 atom stereocenters. The van der Waals surface area contributed by atoms with Crippen molar-refractivity contribution in [1.82, 2.24) is 14.5 Å². The number of oxime groups is 1. The predicted molar refractivity (Wildman–Crippen MR) is 151 cm³/mol. The fourth-order valence-corrected chi connectivity index (χ4v) is 6.40. The molecule has 0 bridgehead atoms. The summed E-state index contributed by atoms with van der Waals surface area (Å²) in [7, 11) is 0. The molecule has 0 radical (unpaired) electrons. The van der Waals surface area contributed by atoms with Crippen molar-refractivity contribution < 1.29 is 14.7 Å². The second-order valence-corrected chi connectivity index (χ2v) is 11.5. The summed E-state index contributed by atoms with van der Waals surface area (Å²) in [5.41, 5.74) is 0.285. The molecule has 0 unspecified atom stereocenters. The van der Waals surface area contributed by atoms with E-state index in [9.17, 15) is 14.7 Å². The van der Waals surface area contributed by atoms with E-state index in [2.05, 4.69) is 28.9 Å². The average Bonchev–Trinajstić information content (AvgIpc) is 3.00. The third kappa shape index (κ3) is 6.45. The number of hydrogen-bond donors (Lipinski definition) is 1. The lowest BCUT2D eigenvalue weighted by Gasteiger charge is -2.45. The lowest BCUT2D eigenvalue weighted by molar-refractivity contribution is -0.129. The molecule has 8 nitrogen and oxygen atoms in total. The highest BCUT2D eigenvalue weighted by Gasteiger charge is 2.35. The molecule has 1 saturated heterocycles. The number of hydrogen-bond acceptors (Lipinski definition) is 6. The summed E-state index contributed by atoms with van der Waals surface area (Å²) in [6.07, 6.45) is 11.5. The van der Waals surface area contributed by atoms with E-state index < -0.39 is 17.2 Å². The van der Waals surface area contributed by atoms with Gasteiger partial charge in [-0.15, -0.1) is 0 Å². The Kier molecular flexibility index (Phi) is 9.58. The Balaban J connectivity index is 1.70. The van der Waals surface area contributed by atoms with Crippen molar-refractivity contribution in [3.63, 3.8) is 0 Å². The second-order valence-electron chi connectivity index (χ2n) is 11.5. The van der Waals surface area contributed by atoms with Gasteiger partial charge in [0, 0.05) is 24.7 Å². The summed E-state index contributed by atoms with van der Waals surface area (Å²) in [5.74, 6) is -0.586. The van der Waals surface area contributed by atoms with E-state index in [-0.39, 0.29) is 17.8 Å². The standard InChI is InChI=1S/C30H44N4O4/c1-5-22-19-24(16-17-33(22)23-13-9-7-6-8-12-21(4)18-23)34-26-15-11-10-14-25(26)31-27(29(34)35)28(30(36)37)32-38-20(2)3/h10-11,14-15,20-24H,5-9,12-13,16-19H2,1-4H3,(H,36,37)/b32-28-/t21-,22-,23-,24-/m1/s1. The summed E-state index contributed by atoms with van der Waals surface area (Å²) in [6, 6.07) is 8.42. The van der Waals surface area contributed by atoms with Gasteiger partial charge in [-0.1, -0.05) is 63.2 Å². The first-order chi connectivity index (χ1) is 18.3. The van der Waals surface area contributed by atoms with Crippen molar-refractivity contribution in [3.8, 4) is 0 Å². The van der Waals surface area contributed by atoms with Crippen LogP contribution in [-0.2, 0) is 9.63 Å². The van der Waals surface area contributed by atoms with E-state index in [4.69, 9.17) is 4.84 Å². The summed E-state index contributed by atoms with van der Waals surface area (Å²) < 4.78 is 1.79. The zero-order valence-corrected chi connectivity index (χ0v) is 23.4. The van der Waals surface area contributed by atoms with Crippen molar-refractivity contribution in [2.75, 3.05) is 6.54 Å². The fraction of sp³-hybridized carbons (Fsp3) is 0.667. The van der Waals surface area contributed by atoms with E-state index in [0.717, 1.165) is 37.2 Å². The SMILES string of the molecule is CC[C@@H]1C[C@H](n2c(=O)c(/C(=N/OC(C)C)C(=O)O)nc3ccccc32)CCN1[C@@H]1CCCCCC[C@@H](C)C1. The number of fused-ring (bicyclic) bond motifs is 1. The molecule has 1 aromatic carbocycles. The van der Waals surface area contributed by atoms with Gasteiger partial charge in [0.15, 0.2) is 5.69 Å². The number of benzene rings is 1. The summed E-state index contributed by atoms with van der Waals surface area (Å²) in [4.78, 5) is 38.4. The molecule has 2 fully saturated rings. The molecule has 2 aliphatic rings. The number of carboxylic acids is 1. The molecule has 1 aliphatic heterocycles. The van der Waals surface area contributed by atoms with E-state index in [0.29, 0.717) is 17.6 Å².